The lowest BCUT2D eigenvalue weighted by Gasteiger charge is -2.27. The van der Waals surface area contributed by atoms with Crippen LogP contribution in [0, 0.1) is 13.8 Å². The number of aromatic nitrogens is 1. The van der Waals surface area contributed by atoms with Crippen molar-refractivity contribution in [3.05, 3.63) is 58.4 Å². The Hall–Kier alpha value is -2.03. The summed E-state index contributed by atoms with van der Waals surface area (Å²) in [5.74, 6) is 0.134. The predicted octanol–water partition coefficient (Wildman–Crippen LogP) is 2.83. The molecule has 1 aromatic heterocycles. The third kappa shape index (κ3) is 2.16. The molecular formula is C16H18N2O. The van der Waals surface area contributed by atoms with Gasteiger partial charge in [-0.15, -0.1) is 0 Å². The molecule has 0 aliphatic carbocycles. The van der Waals surface area contributed by atoms with Crippen LogP contribution in [0.1, 0.15) is 32.7 Å². The number of carbonyl (C=O) groups is 1. The summed E-state index contributed by atoms with van der Waals surface area (Å²) in [6.45, 7) is 5.62. The van der Waals surface area contributed by atoms with E-state index in [2.05, 4.69) is 18.0 Å². The molecule has 2 heterocycles. The summed E-state index contributed by atoms with van der Waals surface area (Å²) >= 11 is 0. The lowest BCUT2D eigenvalue weighted by Crippen LogP contribution is -2.35. The van der Waals surface area contributed by atoms with Crippen molar-refractivity contribution in [1.29, 1.82) is 0 Å². The minimum absolute atomic E-state index is 0.134. The van der Waals surface area contributed by atoms with Crippen LogP contribution in [0.2, 0.25) is 0 Å². The zero-order valence-corrected chi connectivity index (χ0v) is 11.4. The molecule has 0 radical (unpaired) electrons. The molecule has 1 N–H and O–H groups in total. The van der Waals surface area contributed by atoms with Gasteiger partial charge in [0.25, 0.3) is 5.91 Å². The number of aryl methyl sites for hydroxylation is 2. The van der Waals surface area contributed by atoms with Gasteiger partial charge in [0, 0.05) is 37.0 Å². The number of hydrogen-bond acceptors (Lipinski definition) is 1. The number of benzene rings is 1. The van der Waals surface area contributed by atoms with Crippen LogP contribution in [0.4, 0.5) is 0 Å². The first-order chi connectivity index (χ1) is 9.15. The van der Waals surface area contributed by atoms with Gasteiger partial charge in [-0.1, -0.05) is 6.07 Å². The highest BCUT2D eigenvalue weighted by molar-refractivity contribution is 5.94. The Bertz CT molecular complexity index is 627. The van der Waals surface area contributed by atoms with Crippen LogP contribution in [-0.4, -0.2) is 22.3 Å². The Morgan fingerprint density at radius 1 is 1.21 bits per heavy atom. The van der Waals surface area contributed by atoms with Gasteiger partial charge in [-0.2, -0.15) is 0 Å². The third-order valence-electron chi connectivity index (χ3n) is 3.96. The highest BCUT2D eigenvalue weighted by Gasteiger charge is 2.22. The molecule has 1 aromatic carbocycles. The fourth-order valence-corrected chi connectivity index (χ4v) is 2.58. The van der Waals surface area contributed by atoms with Crippen molar-refractivity contribution in [1.82, 2.24) is 9.88 Å². The quantitative estimate of drug-likeness (QED) is 0.834. The molecule has 0 atom stereocenters. The minimum Gasteiger partial charge on any atom is -0.365 e. The van der Waals surface area contributed by atoms with Gasteiger partial charge in [0.1, 0.15) is 0 Å². The van der Waals surface area contributed by atoms with Crippen LogP contribution in [0.3, 0.4) is 0 Å². The van der Waals surface area contributed by atoms with Gasteiger partial charge in [-0.05, 0) is 48.7 Å². The normalized spacial score (nSPS) is 14.3. The molecule has 3 heteroatoms. The van der Waals surface area contributed by atoms with Gasteiger partial charge in [-0.25, -0.2) is 0 Å². The van der Waals surface area contributed by atoms with Crippen molar-refractivity contribution in [2.24, 2.45) is 0 Å². The lowest BCUT2D eigenvalue weighted by atomic mass is 10.0. The summed E-state index contributed by atoms with van der Waals surface area (Å²) in [6.07, 6.45) is 2.87. The number of H-pyrrole nitrogens is 1. The largest absolute Gasteiger partial charge is 0.365 e. The molecule has 1 amide bonds. The van der Waals surface area contributed by atoms with E-state index >= 15 is 0 Å². The Labute approximate surface area is 113 Å². The Kier molecular flexibility index (Phi) is 2.90. The van der Waals surface area contributed by atoms with E-state index in [4.69, 9.17) is 0 Å². The van der Waals surface area contributed by atoms with E-state index in [-0.39, 0.29) is 5.91 Å². The maximum atomic E-state index is 12.5. The first-order valence-corrected chi connectivity index (χ1v) is 6.67. The van der Waals surface area contributed by atoms with E-state index in [1.54, 1.807) is 0 Å². The van der Waals surface area contributed by atoms with E-state index in [1.807, 2.05) is 36.2 Å². The molecule has 1 aliphatic rings. The minimum atomic E-state index is 0.134. The number of fused-ring (bicyclic) bond motifs is 1. The topological polar surface area (TPSA) is 36.1 Å². The lowest BCUT2D eigenvalue weighted by molar-refractivity contribution is 0.0734. The van der Waals surface area contributed by atoms with Crippen LogP contribution in [0.15, 0.2) is 30.5 Å². The summed E-state index contributed by atoms with van der Waals surface area (Å²) in [5.41, 5.74) is 5.70. The molecule has 3 rings (SSSR count). The zero-order valence-electron chi connectivity index (χ0n) is 11.4. The smallest absolute Gasteiger partial charge is 0.254 e. The van der Waals surface area contributed by atoms with Gasteiger partial charge in [0.05, 0.1) is 0 Å². The van der Waals surface area contributed by atoms with Gasteiger partial charge in [0.15, 0.2) is 0 Å². The number of carbonyl (C=O) groups excluding carboxylic acids is 1. The monoisotopic (exact) mass is 254 g/mol. The predicted molar refractivity (Wildman–Crippen MR) is 75.2 cm³/mol. The number of nitrogens with one attached hydrogen (secondary N) is 1. The first kappa shape index (κ1) is 12.0. The first-order valence-electron chi connectivity index (χ1n) is 6.67. The molecule has 0 spiro atoms. The molecular weight excluding hydrogens is 236 g/mol. The standard InChI is InChI=1S/C16H18N2O/c1-11-3-4-13(9-12(11)2)16(19)18-8-6-15-14(10-18)5-7-17-15/h3-5,7,9,17H,6,8,10H2,1-2H3. The molecule has 0 fully saturated rings. The summed E-state index contributed by atoms with van der Waals surface area (Å²) < 4.78 is 0. The highest BCUT2D eigenvalue weighted by Crippen LogP contribution is 2.20. The second kappa shape index (κ2) is 4.57. The van der Waals surface area contributed by atoms with Crippen molar-refractivity contribution in [2.75, 3.05) is 6.54 Å². The Balaban J connectivity index is 1.83. The SMILES string of the molecule is Cc1ccc(C(=O)N2CCc3[nH]ccc3C2)cc1C. The van der Waals surface area contributed by atoms with E-state index in [0.29, 0.717) is 6.54 Å². The maximum absolute atomic E-state index is 12.5. The maximum Gasteiger partial charge on any atom is 0.254 e. The summed E-state index contributed by atoms with van der Waals surface area (Å²) in [4.78, 5) is 17.7. The van der Waals surface area contributed by atoms with Gasteiger partial charge in [-0.3, -0.25) is 4.79 Å². The van der Waals surface area contributed by atoms with Crippen LogP contribution in [0.5, 0.6) is 0 Å². The van der Waals surface area contributed by atoms with Crippen molar-refractivity contribution in [2.45, 2.75) is 26.8 Å². The number of aromatic amines is 1. The van der Waals surface area contributed by atoms with Crippen molar-refractivity contribution in [3.63, 3.8) is 0 Å². The molecule has 2 aromatic rings. The molecule has 3 nitrogen and oxygen atoms in total. The highest BCUT2D eigenvalue weighted by atomic mass is 16.2. The second-order valence-electron chi connectivity index (χ2n) is 5.26. The summed E-state index contributed by atoms with van der Waals surface area (Å²) in [6, 6.07) is 8.00. The fourth-order valence-electron chi connectivity index (χ4n) is 2.58. The van der Waals surface area contributed by atoms with Crippen LogP contribution >= 0.6 is 0 Å². The Morgan fingerprint density at radius 2 is 2.05 bits per heavy atom. The van der Waals surface area contributed by atoms with Gasteiger partial charge >= 0.3 is 0 Å². The van der Waals surface area contributed by atoms with E-state index < -0.39 is 0 Å². The van der Waals surface area contributed by atoms with Crippen molar-refractivity contribution >= 4 is 5.91 Å². The molecule has 0 bridgehead atoms. The Morgan fingerprint density at radius 3 is 2.84 bits per heavy atom. The number of rotatable bonds is 1. The van der Waals surface area contributed by atoms with Crippen molar-refractivity contribution < 1.29 is 4.79 Å². The van der Waals surface area contributed by atoms with Gasteiger partial charge in [0.2, 0.25) is 0 Å². The second-order valence-corrected chi connectivity index (χ2v) is 5.26. The van der Waals surface area contributed by atoms with Crippen molar-refractivity contribution in [3.8, 4) is 0 Å². The van der Waals surface area contributed by atoms with E-state index in [9.17, 15) is 4.79 Å². The number of hydrogen-bond donors (Lipinski definition) is 1. The van der Waals surface area contributed by atoms with Crippen LogP contribution in [-0.2, 0) is 13.0 Å². The number of amides is 1. The third-order valence-corrected chi connectivity index (χ3v) is 3.96. The average Bonchev–Trinajstić information content (AvgIpc) is 2.88. The molecule has 0 saturated carbocycles. The van der Waals surface area contributed by atoms with Gasteiger partial charge < -0.3 is 9.88 Å². The molecule has 19 heavy (non-hydrogen) atoms. The van der Waals surface area contributed by atoms with Crippen LogP contribution in [0.25, 0.3) is 0 Å². The van der Waals surface area contributed by atoms with E-state index in [1.165, 1.54) is 22.4 Å². The molecule has 0 unspecified atom stereocenters. The molecule has 1 aliphatic heterocycles. The molecule has 98 valence electrons. The fraction of sp³-hybridized carbons (Fsp3) is 0.312. The van der Waals surface area contributed by atoms with Crippen LogP contribution < -0.4 is 0 Å². The molecule has 0 saturated heterocycles. The summed E-state index contributed by atoms with van der Waals surface area (Å²) in [7, 11) is 0. The number of nitrogens with zero attached hydrogens (tertiary/aromatic N) is 1. The average molecular weight is 254 g/mol. The van der Waals surface area contributed by atoms with E-state index in [0.717, 1.165) is 18.5 Å². The zero-order chi connectivity index (χ0) is 13.4. The summed E-state index contributed by atoms with van der Waals surface area (Å²) in [5, 5.41) is 0.